The van der Waals surface area contributed by atoms with Crippen LogP contribution in [-0.4, -0.2) is 26.2 Å². The van der Waals surface area contributed by atoms with Crippen LogP contribution >= 0.6 is 0 Å². The van der Waals surface area contributed by atoms with E-state index in [1.807, 2.05) is 0 Å². The van der Waals surface area contributed by atoms with Crippen LogP contribution in [0.4, 0.5) is 0 Å². The van der Waals surface area contributed by atoms with Crippen LogP contribution in [-0.2, 0) is 16.0 Å². The molecule has 1 atom stereocenters. The van der Waals surface area contributed by atoms with Gasteiger partial charge >= 0.3 is 0 Å². The van der Waals surface area contributed by atoms with E-state index in [9.17, 15) is 0 Å². The number of hydrogen-bond donors (Lipinski definition) is 1. The predicted octanol–water partition coefficient (Wildman–Crippen LogP) is 3.83. The zero-order chi connectivity index (χ0) is 16.3. The lowest BCUT2D eigenvalue weighted by Crippen LogP contribution is -2.35. The van der Waals surface area contributed by atoms with E-state index >= 15 is 0 Å². The number of methoxy groups -OCH3 is 1. The van der Waals surface area contributed by atoms with Crippen LogP contribution in [0.5, 0.6) is 0 Å². The minimum atomic E-state index is 0.375. The molecule has 1 aliphatic rings. The summed E-state index contributed by atoms with van der Waals surface area (Å²) < 4.78 is 3.86. The second kappa shape index (κ2) is 9.80. The second-order valence-electron chi connectivity index (χ2n) is 5.75. The molecule has 1 aliphatic heterocycles. The van der Waals surface area contributed by atoms with Gasteiger partial charge in [-0.05, 0) is 42.5 Å². The van der Waals surface area contributed by atoms with Crippen molar-refractivity contribution in [2.75, 3.05) is 13.7 Å². The van der Waals surface area contributed by atoms with Crippen molar-refractivity contribution in [2.45, 2.75) is 31.7 Å². The molecule has 0 radical (unpaired) electrons. The molecular formula is C20H25NO2. The quantitative estimate of drug-likeness (QED) is 0.872. The molecule has 2 aromatic carbocycles. The lowest BCUT2D eigenvalue weighted by atomic mass is 9.96. The molecular weight excluding hydrogens is 286 g/mol. The zero-order valence-corrected chi connectivity index (χ0v) is 13.7. The Bertz CT molecular complexity index is 560. The van der Waals surface area contributed by atoms with Crippen molar-refractivity contribution < 1.29 is 9.53 Å². The van der Waals surface area contributed by atoms with E-state index in [1.54, 1.807) is 0 Å². The highest BCUT2D eigenvalue weighted by Gasteiger charge is 2.12. The summed E-state index contributed by atoms with van der Waals surface area (Å²) in [5.74, 6) is 0. The van der Waals surface area contributed by atoms with Crippen LogP contribution in [0.15, 0.2) is 54.6 Å². The molecule has 1 fully saturated rings. The Balaban J connectivity index is 0.000000433. The molecule has 3 rings (SSSR count). The Labute approximate surface area is 138 Å². The first-order chi connectivity index (χ1) is 11.3. The average molecular weight is 311 g/mol. The van der Waals surface area contributed by atoms with Gasteiger partial charge in [-0.2, -0.15) is 0 Å². The molecule has 1 saturated heterocycles. The van der Waals surface area contributed by atoms with Crippen LogP contribution in [0.1, 0.15) is 24.8 Å². The Morgan fingerprint density at radius 3 is 2.26 bits per heavy atom. The summed E-state index contributed by atoms with van der Waals surface area (Å²) >= 11 is 0. The molecule has 3 nitrogen and oxygen atoms in total. The van der Waals surface area contributed by atoms with Gasteiger partial charge in [0.05, 0.1) is 7.11 Å². The van der Waals surface area contributed by atoms with Crippen LogP contribution in [0.25, 0.3) is 11.1 Å². The normalized spacial score (nSPS) is 16.8. The molecule has 0 bridgehead atoms. The van der Waals surface area contributed by atoms with Gasteiger partial charge in [-0.1, -0.05) is 61.0 Å². The summed E-state index contributed by atoms with van der Waals surface area (Å²) in [6.07, 6.45) is 5.19. The van der Waals surface area contributed by atoms with Gasteiger partial charge in [0.15, 0.2) is 0 Å². The standard InChI is InChI=1S/C18H21N.C2H4O2/c1-2-6-16(7-3-1)17-11-9-15(10-12-17)14-18-8-4-5-13-19-18;1-4-2-3/h1-3,6-7,9-12,18-19H,4-5,8,13-14H2;2H,1H3/t18-;/m0./s1. The topological polar surface area (TPSA) is 38.3 Å². The van der Waals surface area contributed by atoms with Gasteiger partial charge < -0.3 is 10.1 Å². The van der Waals surface area contributed by atoms with E-state index in [0.29, 0.717) is 12.5 Å². The average Bonchev–Trinajstić information content (AvgIpc) is 2.64. The smallest absolute Gasteiger partial charge is 0.292 e. The number of carbonyl (C=O) groups is 1. The predicted molar refractivity (Wildman–Crippen MR) is 94.3 cm³/mol. The minimum absolute atomic E-state index is 0.375. The maximum absolute atomic E-state index is 8.95. The minimum Gasteiger partial charge on any atom is -0.471 e. The third-order valence-corrected chi connectivity index (χ3v) is 4.05. The van der Waals surface area contributed by atoms with Crippen LogP contribution < -0.4 is 5.32 Å². The van der Waals surface area contributed by atoms with Gasteiger partial charge in [-0.25, -0.2) is 0 Å². The first-order valence-electron chi connectivity index (χ1n) is 8.17. The first-order valence-corrected chi connectivity index (χ1v) is 8.17. The molecule has 1 N–H and O–H groups in total. The highest BCUT2D eigenvalue weighted by atomic mass is 16.5. The first kappa shape index (κ1) is 17.2. The van der Waals surface area contributed by atoms with Crippen molar-refractivity contribution in [3.8, 4) is 11.1 Å². The van der Waals surface area contributed by atoms with Gasteiger partial charge in [-0.3, -0.25) is 4.79 Å². The Morgan fingerprint density at radius 2 is 1.70 bits per heavy atom. The largest absolute Gasteiger partial charge is 0.471 e. The Hall–Kier alpha value is -2.13. The fourth-order valence-corrected chi connectivity index (χ4v) is 2.85. The number of hydrogen-bond acceptors (Lipinski definition) is 3. The number of ether oxygens (including phenoxy) is 1. The summed E-state index contributed by atoms with van der Waals surface area (Å²) in [4.78, 5) is 8.95. The summed E-state index contributed by atoms with van der Waals surface area (Å²) in [6, 6.07) is 20.3. The molecule has 23 heavy (non-hydrogen) atoms. The van der Waals surface area contributed by atoms with Crippen molar-refractivity contribution in [1.29, 1.82) is 0 Å². The van der Waals surface area contributed by atoms with Crippen molar-refractivity contribution in [1.82, 2.24) is 5.32 Å². The van der Waals surface area contributed by atoms with Crippen LogP contribution in [0.3, 0.4) is 0 Å². The van der Waals surface area contributed by atoms with Gasteiger partial charge in [0.25, 0.3) is 6.47 Å². The van der Waals surface area contributed by atoms with Crippen molar-refractivity contribution in [3.63, 3.8) is 0 Å². The van der Waals surface area contributed by atoms with E-state index in [0.717, 1.165) is 6.42 Å². The summed E-state index contributed by atoms with van der Waals surface area (Å²) in [6.45, 7) is 1.56. The highest BCUT2D eigenvalue weighted by molar-refractivity contribution is 5.63. The van der Waals surface area contributed by atoms with Crippen molar-refractivity contribution in [3.05, 3.63) is 60.2 Å². The van der Waals surface area contributed by atoms with Gasteiger partial charge in [0.2, 0.25) is 0 Å². The van der Waals surface area contributed by atoms with Crippen LogP contribution in [0, 0.1) is 0 Å². The maximum atomic E-state index is 8.95. The third-order valence-electron chi connectivity index (χ3n) is 4.05. The molecule has 3 heteroatoms. The Kier molecular flexibility index (Phi) is 7.34. The molecule has 0 aromatic heterocycles. The number of rotatable bonds is 4. The molecule has 0 amide bonds. The van der Waals surface area contributed by atoms with Crippen LogP contribution in [0.2, 0.25) is 0 Å². The van der Waals surface area contributed by atoms with E-state index in [4.69, 9.17) is 4.79 Å². The summed E-state index contributed by atoms with van der Waals surface area (Å²) in [5.41, 5.74) is 4.05. The maximum Gasteiger partial charge on any atom is 0.292 e. The van der Waals surface area contributed by atoms with E-state index in [-0.39, 0.29) is 0 Å². The zero-order valence-electron chi connectivity index (χ0n) is 13.7. The summed E-state index contributed by atoms with van der Waals surface area (Å²) in [5, 5.41) is 3.61. The van der Waals surface area contributed by atoms with E-state index < -0.39 is 0 Å². The van der Waals surface area contributed by atoms with Gasteiger partial charge in [0, 0.05) is 6.04 Å². The molecule has 0 unspecified atom stereocenters. The number of piperidine rings is 1. The monoisotopic (exact) mass is 311 g/mol. The number of nitrogens with one attached hydrogen (secondary N) is 1. The summed E-state index contributed by atoms with van der Waals surface area (Å²) in [7, 11) is 1.31. The highest BCUT2D eigenvalue weighted by Crippen LogP contribution is 2.20. The SMILES string of the molecule is COC=O.c1ccc(-c2ccc(C[C@@H]3CCCCN3)cc2)cc1. The van der Waals surface area contributed by atoms with E-state index in [1.165, 1.54) is 49.6 Å². The lowest BCUT2D eigenvalue weighted by Gasteiger charge is -2.23. The molecule has 122 valence electrons. The fourth-order valence-electron chi connectivity index (χ4n) is 2.85. The Morgan fingerprint density at radius 1 is 1.04 bits per heavy atom. The molecule has 0 spiro atoms. The van der Waals surface area contributed by atoms with Crippen molar-refractivity contribution >= 4 is 6.47 Å². The molecule has 0 saturated carbocycles. The van der Waals surface area contributed by atoms with Gasteiger partial charge in [-0.15, -0.1) is 0 Å². The lowest BCUT2D eigenvalue weighted by molar-refractivity contribution is -0.126. The molecule has 2 aromatic rings. The van der Waals surface area contributed by atoms with E-state index in [2.05, 4.69) is 64.7 Å². The number of benzene rings is 2. The third kappa shape index (κ3) is 5.87. The molecule has 0 aliphatic carbocycles. The second-order valence-corrected chi connectivity index (χ2v) is 5.75. The van der Waals surface area contributed by atoms with Crippen molar-refractivity contribution in [2.24, 2.45) is 0 Å². The molecule has 1 heterocycles. The van der Waals surface area contributed by atoms with Gasteiger partial charge in [0.1, 0.15) is 0 Å². The fraction of sp³-hybridized carbons (Fsp3) is 0.350. The number of carbonyl (C=O) groups excluding carboxylic acids is 1.